The fraction of sp³-hybridized carbons (Fsp3) is 0.412. The molecule has 3 rings (SSSR count). The van der Waals surface area contributed by atoms with Gasteiger partial charge in [0.1, 0.15) is 6.23 Å². The molecular weight excluding hydrogens is 310 g/mol. The quantitative estimate of drug-likeness (QED) is 0.731. The Kier molecular flexibility index (Phi) is 4.94. The molecule has 0 radical (unpaired) electrons. The van der Waals surface area contributed by atoms with Gasteiger partial charge in [-0.25, -0.2) is 4.79 Å². The Morgan fingerprint density at radius 3 is 2.79 bits per heavy atom. The first kappa shape index (κ1) is 16.6. The molecule has 1 aromatic carbocycles. The summed E-state index contributed by atoms with van der Waals surface area (Å²) in [5, 5.41) is 12.9. The van der Waals surface area contributed by atoms with E-state index in [4.69, 9.17) is 4.74 Å². The van der Waals surface area contributed by atoms with E-state index in [0.29, 0.717) is 18.5 Å². The molecule has 0 amide bonds. The summed E-state index contributed by atoms with van der Waals surface area (Å²) in [6.07, 6.45) is 1.11. The van der Waals surface area contributed by atoms with E-state index in [1.54, 1.807) is 6.92 Å². The van der Waals surface area contributed by atoms with Gasteiger partial charge < -0.3 is 15.2 Å². The monoisotopic (exact) mass is 331 g/mol. The highest BCUT2D eigenvalue weighted by Gasteiger charge is 2.36. The first-order valence-electron chi connectivity index (χ1n) is 7.94. The number of nitrogens with zero attached hydrogens (tertiary/aromatic N) is 1. The zero-order valence-corrected chi connectivity index (χ0v) is 13.4. The van der Waals surface area contributed by atoms with Crippen molar-refractivity contribution in [3.05, 3.63) is 68.5 Å². The van der Waals surface area contributed by atoms with Crippen molar-refractivity contribution in [2.24, 2.45) is 0 Å². The van der Waals surface area contributed by atoms with Gasteiger partial charge >= 0.3 is 5.69 Å². The van der Waals surface area contributed by atoms with Gasteiger partial charge in [-0.05, 0) is 12.5 Å². The summed E-state index contributed by atoms with van der Waals surface area (Å²) in [5.74, 6) is 0. The molecule has 7 heteroatoms. The number of nitrogens with one attached hydrogen (secondary N) is 2. The van der Waals surface area contributed by atoms with E-state index >= 15 is 0 Å². The van der Waals surface area contributed by atoms with Crippen molar-refractivity contribution in [2.45, 2.75) is 38.3 Å². The lowest BCUT2D eigenvalue weighted by Crippen LogP contribution is -2.37. The molecule has 3 atom stereocenters. The minimum Gasteiger partial charge on any atom is -0.394 e. The Hall–Kier alpha value is -2.22. The van der Waals surface area contributed by atoms with Gasteiger partial charge in [0.05, 0.1) is 12.7 Å². The van der Waals surface area contributed by atoms with Crippen LogP contribution in [0.25, 0.3) is 0 Å². The predicted molar refractivity (Wildman–Crippen MR) is 88.7 cm³/mol. The highest BCUT2D eigenvalue weighted by molar-refractivity contribution is 5.14. The lowest BCUT2D eigenvalue weighted by atomic mass is 10.1. The third-order valence-electron chi connectivity index (χ3n) is 4.28. The maximum Gasteiger partial charge on any atom is 0.330 e. The third-order valence-corrected chi connectivity index (χ3v) is 4.28. The second-order valence-electron chi connectivity index (χ2n) is 6.00. The molecule has 2 aromatic rings. The molecule has 1 fully saturated rings. The molecule has 1 saturated heterocycles. The number of aromatic amines is 1. The molecule has 3 N–H and O–H groups in total. The molecule has 0 spiro atoms. The van der Waals surface area contributed by atoms with Crippen LogP contribution in [0.2, 0.25) is 0 Å². The second-order valence-corrected chi connectivity index (χ2v) is 6.00. The summed E-state index contributed by atoms with van der Waals surface area (Å²) in [7, 11) is 0. The van der Waals surface area contributed by atoms with Crippen LogP contribution in [0.5, 0.6) is 0 Å². The van der Waals surface area contributed by atoms with Crippen molar-refractivity contribution in [1.29, 1.82) is 0 Å². The van der Waals surface area contributed by atoms with Gasteiger partial charge in [0.15, 0.2) is 0 Å². The molecule has 1 unspecified atom stereocenters. The fourth-order valence-electron chi connectivity index (χ4n) is 2.93. The van der Waals surface area contributed by atoms with E-state index in [1.807, 2.05) is 30.3 Å². The lowest BCUT2D eigenvalue weighted by Gasteiger charge is -2.17. The van der Waals surface area contributed by atoms with Crippen molar-refractivity contribution < 1.29 is 9.84 Å². The van der Waals surface area contributed by atoms with Crippen LogP contribution in [-0.2, 0) is 11.3 Å². The van der Waals surface area contributed by atoms with E-state index in [9.17, 15) is 14.7 Å². The molecule has 7 nitrogen and oxygen atoms in total. The van der Waals surface area contributed by atoms with E-state index in [1.165, 1.54) is 10.8 Å². The number of hydrogen-bond donors (Lipinski definition) is 3. The van der Waals surface area contributed by atoms with Gasteiger partial charge in [0.25, 0.3) is 5.56 Å². The highest BCUT2D eigenvalue weighted by Crippen LogP contribution is 2.27. The topological polar surface area (TPSA) is 96.3 Å². The average molecular weight is 331 g/mol. The Morgan fingerprint density at radius 1 is 1.33 bits per heavy atom. The lowest BCUT2D eigenvalue weighted by molar-refractivity contribution is -0.0292. The van der Waals surface area contributed by atoms with Crippen LogP contribution >= 0.6 is 0 Å². The number of ether oxygens (including phenoxy) is 1. The zero-order valence-electron chi connectivity index (χ0n) is 13.4. The van der Waals surface area contributed by atoms with E-state index in [2.05, 4.69) is 10.3 Å². The van der Waals surface area contributed by atoms with Crippen molar-refractivity contribution in [3.63, 3.8) is 0 Å². The third kappa shape index (κ3) is 3.48. The number of aliphatic hydroxyl groups excluding tert-OH is 1. The van der Waals surface area contributed by atoms with Crippen LogP contribution in [0.3, 0.4) is 0 Å². The van der Waals surface area contributed by atoms with Gasteiger partial charge in [-0.1, -0.05) is 30.3 Å². The average Bonchev–Trinajstić information content (AvgIpc) is 3.00. The van der Waals surface area contributed by atoms with Crippen molar-refractivity contribution in [2.75, 3.05) is 6.61 Å². The maximum atomic E-state index is 12.0. The number of H-pyrrole nitrogens is 1. The second kappa shape index (κ2) is 7.12. The summed E-state index contributed by atoms with van der Waals surface area (Å²) in [5.41, 5.74) is 0.678. The smallest absolute Gasteiger partial charge is 0.330 e. The number of benzene rings is 1. The standard InChI is InChI=1S/C17H21N3O4/c1-11-9-20(17(23)19-16(11)22)15-7-13(14(10-21)24-15)18-8-12-5-3-2-4-6-12/h2-6,9,13-15,18,21H,7-8,10H2,1H3,(H,19,22,23)/t13?,14-,15-/m1/s1. The van der Waals surface area contributed by atoms with Crippen molar-refractivity contribution in [1.82, 2.24) is 14.9 Å². The fourth-order valence-corrected chi connectivity index (χ4v) is 2.93. The Morgan fingerprint density at radius 2 is 2.08 bits per heavy atom. The van der Waals surface area contributed by atoms with Crippen LogP contribution in [0.4, 0.5) is 0 Å². The molecule has 0 bridgehead atoms. The molecule has 1 aromatic heterocycles. The van der Waals surface area contributed by atoms with Gasteiger partial charge in [-0.2, -0.15) is 0 Å². The summed E-state index contributed by atoms with van der Waals surface area (Å²) < 4.78 is 7.18. The molecule has 0 aliphatic carbocycles. The number of aromatic nitrogens is 2. The van der Waals surface area contributed by atoms with Gasteiger partial charge in [-0.15, -0.1) is 0 Å². The summed E-state index contributed by atoms with van der Waals surface area (Å²) in [4.78, 5) is 25.8. The van der Waals surface area contributed by atoms with Crippen LogP contribution in [0.15, 0.2) is 46.1 Å². The van der Waals surface area contributed by atoms with Gasteiger partial charge in [0.2, 0.25) is 0 Å². The van der Waals surface area contributed by atoms with E-state index in [-0.39, 0.29) is 12.6 Å². The van der Waals surface area contributed by atoms with Crippen LogP contribution in [0, 0.1) is 6.92 Å². The van der Waals surface area contributed by atoms with Crippen molar-refractivity contribution >= 4 is 0 Å². The maximum absolute atomic E-state index is 12.0. The first-order chi connectivity index (χ1) is 11.6. The van der Waals surface area contributed by atoms with E-state index < -0.39 is 23.6 Å². The summed E-state index contributed by atoms with van der Waals surface area (Å²) in [6, 6.07) is 9.85. The normalized spacial score (nSPS) is 23.5. The van der Waals surface area contributed by atoms with Crippen LogP contribution in [0.1, 0.15) is 23.8 Å². The summed E-state index contributed by atoms with van der Waals surface area (Å²) in [6.45, 7) is 2.15. The number of hydrogen-bond acceptors (Lipinski definition) is 5. The Labute approximate surface area is 138 Å². The number of aryl methyl sites for hydroxylation is 1. The first-order valence-corrected chi connectivity index (χ1v) is 7.94. The van der Waals surface area contributed by atoms with Crippen LogP contribution in [-0.4, -0.2) is 33.4 Å². The van der Waals surface area contributed by atoms with Gasteiger partial charge in [0, 0.05) is 30.8 Å². The highest BCUT2D eigenvalue weighted by atomic mass is 16.5. The Balaban J connectivity index is 1.73. The van der Waals surface area contributed by atoms with Crippen molar-refractivity contribution in [3.8, 4) is 0 Å². The molecule has 1 aliphatic rings. The minimum absolute atomic E-state index is 0.0839. The summed E-state index contributed by atoms with van der Waals surface area (Å²) >= 11 is 0. The SMILES string of the molecule is Cc1cn([C@H]2CC(NCc3ccccc3)[C@@H](CO)O2)c(=O)[nH]c1=O. The Bertz CT molecular complexity index is 799. The number of rotatable bonds is 5. The molecule has 2 heterocycles. The molecule has 0 saturated carbocycles. The molecule has 24 heavy (non-hydrogen) atoms. The van der Waals surface area contributed by atoms with E-state index in [0.717, 1.165) is 5.56 Å². The predicted octanol–water partition coefficient (Wildman–Crippen LogP) is 0.283. The largest absolute Gasteiger partial charge is 0.394 e. The minimum atomic E-state index is -0.515. The molecular formula is C17H21N3O4. The molecule has 1 aliphatic heterocycles. The molecule has 128 valence electrons. The zero-order chi connectivity index (χ0) is 17.1. The van der Waals surface area contributed by atoms with Crippen LogP contribution < -0.4 is 16.6 Å². The van der Waals surface area contributed by atoms with Gasteiger partial charge in [-0.3, -0.25) is 14.3 Å². The number of aliphatic hydroxyl groups is 1.